The van der Waals surface area contributed by atoms with Crippen LogP contribution in [0.5, 0.6) is 0 Å². The molecule has 0 aliphatic carbocycles. The Morgan fingerprint density at radius 1 is 1.69 bits per heavy atom. The quantitative estimate of drug-likeness (QED) is 0.259. The van der Waals surface area contributed by atoms with Gasteiger partial charge in [-0.15, -0.1) is 0 Å². The maximum Gasteiger partial charge on any atom is 0.402 e. The van der Waals surface area contributed by atoms with E-state index in [2.05, 4.69) is 0 Å². The highest BCUT2D eigenvalue weighted by atomic mass is 31.2. The molecule has 0 aromatic rings. The predicted octanol–water partition coefficient (Wildman–Crippen LogP) is -2.07. The molecule has 0 fully saturated rings. The van der Waals surface area contributed by atoms with Crippen molar-refractivity contribution in [1.29, 1.82) is 0 Å². The van der Waals surface area contributed by atoms with Gasteiger partial charge in [-0.1, -0.05) is 0 Å². The minimum atomic E-state index is -4.43. The third-order valence-corrected chi connectivity index (χ3v) is 1.76. The zero-order chi connectivity index (χ0) is 10.6. The molecule has 1 atom stereocenters. The van der Waals surface area contributed by atoms with Gasteiger partial charge in [-0.3, -0.25) is 9.69 Å². The lowest BCUT2D eigenvalue weighted by Crippen LogP contribution is -2.50. The lowest BCUT2D eigenvalue weighted by atomic mass is 10.6. The van der Waals surface area contributed by atoms with Crippen molar-refractivity contribution in [2.45, 2.75) is 6.29 Å². The molecule has 13 heavy (non-hydrogen) atoms. The lowest BCUT2D eigenvalue weighted by Gasteiger charge is -2.23. The topological polar surface area (TPSA) is 136 Å². The van der Waals surface area contributed by atoms with Crippen molar-refractivity contribution in [3.63, 3.8) is 0 Å². The van der Waals surface area contributed by atoms with Gasteiger partial charge < -0.3 is 20.6 Å². The van der Waals surface area contributed by atoms with Crippen LogP contribution in [0.25, 0.3) is 0 Å². The Balaban J connectivity index is 4.04. The number of likely N-dealkylation sites (N-methyl/N-ethyl adjacent to an activating group) is 1. The van der Waals surface area contributed by atoms with Crippen molar-refractivity contribution in [1.82, 2.24) is 9.99 Å². The fourth-order valence-electron chi connectivity index (χ4n) is 0.583. The van der Waals surface area contributed by atoms with Gasteiger partial charge in [0.25, 0.3) is 0 Å². The third-order valence-electron chi connectivity index (χ3n) is 1.16. The number of carbonyl (C=O) groups is 1. The van der Waals surface area contributed by atoms with E-state index in [-0.39, 0.29) is 0 Å². The van der Waals surface area contributed by atoms with Crippen LogP contribution in [0.1, 0.15) is 0 Å². The van der Waals surface area contributed by atoms with E-state index < -0.39 is 26.6 Å². The number of carboxylic acid groups (broad SMARTS) is 1. The normalized spacial score (nSPS) is 14.5. The number of nitrogens with one attached hydrogen (secondary N) is 1. The molecular formula is C4H12N3O5P. The molecule has 0 spiro atoms. The molecule has 78 valence electrons. The largest absolute Gasteiger partial charge is 0.480 e. The first-order valence-electron chi connectivity index (χ1n) is 3.23. The molecular weight excluding hydrogens is 201 g/mol. The Bertz CT molecular complexity index is 228. The van der Waals surface area contributed by atoms with Crippen molar-refractivity contribution in [3.8, 4) is 0 Å². The van der Waals surface area contributed by atoms with Gasteiger partial charge in [0.05, 0.1) is 6.54 Å². The Kier molecular flexibility index (Phi) is 4.48. The molecule has 1 unspecified atom stereocenters. The Hall–Kier alpha value is -0.500. The monoisotopic (exact) mass is 213 g/mol. The highest BCUT2D eigenvalue weighted by Crippen LogP contribution is 2.28. The maximum atomic E-state index is 10.4. The number of carboxylic acids is 1. The summed E-state index contributed by atoms with van der Waals surface area (Å²) in [6, 6.07) is 0. The summed E-state index contributed by atoms with van der Waals surface area (Å²) in [5, 5.41) is 10.0. The van der Waals surface area contributed by atoms with E-state index in [0.29, 0.717) is 0 Å². The third kappa shape index (κ3) is 6.64. The molecule has 0 bridgehead atoms. The van der Waals surface area contributed by atoms with Gasteiger partial charge in [-0.05, 0) is 7.05 Å². The highest BCUT2D eigenvalue weighted by molar-refractivity contribution is 7.49. The van der Waals surface area contributed by atoms with E-state index >= 15 is 0 Å². The zero-order valence-corrected chi connectivity index (χ0v) is 7.81. The van der Waals surface area contributed by atoms with Gasteiger partial charge in [0.15, 0.2) is 0 Å². The minimum Gasteiger partial charge on any atom is -0.480 e. The highest BCUT2D eigenvalue weighted by Gasteiger charge is 2.20. The van der Waals surface area contributed by atoms with Crippen LogP contribution in [0, 0.1) is 0 Å². The molecule has 6 N–H and O–H groups in total. The first-order valence-corrected chi connectivity index (χ1v) is 4.84. The van der Waals surface area contributed by atoms with Gasteiger partial charge in [0, 0.05) is 0 Å². The van der Waals surface area contributed by atoms with Crippen LogP contribution in [0.4, 0.5) is 0 Å². The Labute approximate surface area is 74.5 Å². The van der Waals surface area contributed by atoms with Crippen molar-refractivity contribution in [2.75, 3.05) is 13.6 Å². The summed E-state index contributed by atoms with van der Waals surface area (Å²) in [4.78, 5) is 28.0. The smallest absolute Gasteiger partial charge is 0.402 e. The average molecular weight is 213 g/mol. The fourth-order valence-corrected chi connectivity index (χ4v) is 1.12. The van der Waals surface area contributed by atoms with Crippen molar-refractivity contribution in [3.05, 3.63) is 0 Å². The van der Waals surface area contributed by atoms with Crippen LogP contribution in [-0.2, 0) is 9.36 Å². The van der Waals surface area contributed by atoms with Gasteiger partial charge in [0.2, 0.25) is 0 Å². The molecule has 0 aliphatic rings. The summed E-state index contributed by atoms with van der Waals surface area (Å²) >= 11 is 0. The van der Waals surface area contributed by atoms with Crippen molar-refractivity contribution >= 4 is 13.7 Å². The van der Waals surface area contributed by atoms with Gasteiger partial charge in [-0.2, -0.15) is 5.09 Å². The van der Waals surface area contributed by atoms with Crippen LogP contribution in [0.3, 0.4) is 0 Å². The van der Waals surface area contributed by atoms with E-state index in [1.807, 2.05) is 0 Å². The molecule has 0 saturated heterocycles. The summed E-state index contributed by atoms with van der Waals surface area (Å²) < 4.78 is 10.4. The SMILES string of the molecule is CN(CC(=O)O)C(N)NP(=O)(O)O. The van der Waals surface area contributed by atoms with Crippen LogP contribution >= 0.6 is 7.75 Å². The van der Waals surface area contributed by atoms with Crippen LogP contribution < -0.4 is 10.8 Å². The number of hydrogen-bond donors (Lipinski definition) is 5. The molecule has 0 aromatic carbocycles. The van der Waals surface area contributed by atoms with Crippen molar-refractivity contribution < 1.29 is 24.3 Å². The van der Waals surface area contributed by atoms with E-state index in [1.165, 1.54) is 7.05 Å². The second-order valence-corrected chi connectivity index (χ2v) is 3.77. The molecule has 0 rings (SSSR count). The second-order valence-electron chi connectivity index (χ2n) is 2.43. The zero-order valence-electron chi connectivity index (χ0n) is 6.91. The number of rotatable bonds is 5. The summed E-state index contributed by atoms with van der Waals surface area (Å²) in [5.41, 5.74) is 5.21. The van der Waals surface area contributed by atoms with Gasteiger partial charge in [0.1, 0.15) is 6.29 Å². The average Bonchev–Trinajstić information content (AvgIpc) is 1.81. The molecule has 8 nitrogen and oxygen atoms in total. The molecule has 0 aliphatic heterocycles. The van der Waals surface area contributed by atoms with E-state index in [9.17, 15) is 9.36 Å². The van der Waals surface area contributed by atoms with Crippen LogP contribution in [0.15, 0.2) is 0 Å². The van der Waals surface area contributed by atoms with Gasteiger partial charge in [-0.25, -0.2) is 4.57 Å². The molecule has 0 aromatic heterocycles. The maximum absolute atomic E-state index is 10.4. The lowest BCUT2D eigenvalue weighted by molar-refractivity contribution is -0.138. The van der Waals surface area contributed by atoms with E-state index in [4.69, 9.17) is 20.6 Å². The molecule has 9 heteroatoms. The molecule has 0 heterocycles. The molecule has 0 radical (unpaired) electrons. The van der Waals surface area contributed by atoms with Crippen LogP contribution in [0.2, 0.25) is 0 Å². The van der Waals surface area contributed by atoms with Gasteiger partial charge >= 0.3 is 13.7 Å². The van der Waals surface area contributed by atoms with Crippen LogP contribution in [-0.4, -0.2) is 45.6 Å². The first kappa shape index (κ1) is 12.5. The first-order chi connectivity index (χ1) is 5.72. The van der Waals surface area contributed by atoms with E-state index in [1.54, 1.807) is 5.09 Å². The predicted molar refractivity (Wildman–Crippen MR) is 43.4 cm³/mol. The van der Waals surface area contributed by atoms with Crippen molar-refractivity contribution in [2.24, 2.45) is 5.73 Å². The number of nitrogens with zero attached hydrogens (tertiary/aromatic N) is 1. The minimum absolute atomic E-state index is 0.409. The Morgan fingerprint density at radius 3 is 2.46 bits per heavy atom. The molecule has 0 amide bonds. The summed E-state index contributed by atoms with van der Waals surface area (Å²) in [6.07, 6.45) is -1.20. The summed E-state index contributed by atoms with van der Waals surface area (Å²) in [6.45, 7) is -0.409. The standard InChI is InChI=1S/C4H12N3O5P/c1-7(2-3(8)9)4(5)6-13(10,11)12/h4H,2,5H2,1H3,(H,8,9)(H3,6,10,11,12). The number of aliphatic carboxylic acids is 1. The second kappa shape index (κ2) is 4.66. The number of hydrogen-bond acceptors (Lipinski definition) is 4. The fraction of sp³-hybridized carbons (Fsp3) is 0.750. The Morgan fingerprint density at radius 2 is 2.15 bits per heavy atom. The summed E-state index contributed by atoms with van der Waals surface area (Å²) in [7, 11) is -3.11. The number of nitrogens with two attached hydrogens (primary N) is 1. The van der Waals surface area contributed by atoms with E-state index in [0.717, 1.165) is 4.90 Å². The molecule has 0 saturated carbocycles. The summed E-state index contributed by atoms with van der Waals surface area (Å²) in [5.74, 6) is -1.13.